The molecule has 3 heterocycles. The summed E-state index contributed by atoms with van der Waals surface area (Å²) in [6.45, 7) is 5.11. The van der Waals surface area contributed by atoms with Gasteiger partial charge in [0, 0.05) is 38.4 Å². The van der Waals surface area contributed by atoms with Gasteiger partial charge >= 0.3 is 5.97 Å². The maximum absolute atomic E-state index is 12.5. The second-order valence-electron chi connectivity index (χ2n) is 6.43. The number of allylic oxidation sites excluding steroid dienone is 1. The first kappa shape index (κ1) is 15.7. The smallest absolute Gasteiger partial charge is 0.341 e. The van der Waals surface area contributed by atoms with E-state index in [0.717, 1.165) is 25.5 Å². The van der Waals surface area contributed by atoms with E-state index in [-0.39, 0.29) is 5.56 Å². The monoisotopic (exact) mass is 341 g/mol. The molecule has 1 aromatic carbocycles. The van der Waals surface area contributed by atoms with Crippen LogP contribution in [0.1, 0.15) is 17.3 Å². The summed E-state index contributed by atoms with van der Waals surface area (Å²) in [4.78, 5) is 26.0. The fourth-order valence-corrected chi connectivity index (χ4v) is 3.46. The number of carboxylic acid groups (broad SMARTS) is 1. The summed E-state index contributed by atoms with van der Waals surface area (Å²) in [5.74, 6) is 0.0988. The molecule has 2 aromatic rings. The number of ether oxygens (including phenoxy) is 1. The first-order chi connectivity index (χ1) is 12.0. The Morgan fingerprint density at radius 3 is 3.00 bits per heavy atom. The Bertz CT molecular complexity index is 947. The molecule has 0 aliphatic carbocycles. The molecule has 1 aromatic heterocycles. The number of aromatic carboxylic acids is 1. The number of benzene rings is 1. The van der Waals surface area contributed by atoms with Crippen LogP contribution in [0.15, 0.2) is 41.1 Å². The molecule has 4 rings (SSSR count). The van der Waals surface area contributed by atoms with Crippen LogP contribution in [0.3, 0.4) is 0 Å². The number of hydrogen-bond donors (Lipinski definition) is 2. The SMILES string of the molecule is CC1CN(C2=CCn3cc(C(=O)O)c(=O)c4cccc(c43)O2)CCN1. The minimum absolute atomic E-state index is 0.225. The van der Waals surface area contributed by atoms with Gasteiger partial charge < -0.3 is 24.6 Å². The lowest BCUT2D eigenvalue weighted by molar-refractivity contribution is 0.0695. The molecule has 2 aliphatic heterocycles. The second-order valence-corrected chi connectivity index (χ2v) is 6.43. The molecular formula is C18H19N3O4. The van der Waals surface area contributed by atoms with Crippen molar-refractivity contribution in [2.45, 2.75) is 19.5 Å². The van der Waals surface area contributed by atoms with Crippen molar-refractivity contribution in [1.82, 2.24) is 14.8 Å². The van der Waals surface area contributed by atoms with Gasteiger partial charge in [0.05, 0.1) is 10.9 Å². The van der Waals surface area contributed by atoms with Gasteiger partial charge in [-0.15, -0.1) is 0 Å². The van der Waals surface area contributed by atoms with Crippen molar-refractivity contribution in [3.05, 3.63) is 52.1 Å². The van der Waals surface area contributed by atoms with E-state index >= 15 is 0 Å². The molecule has 1 saturated heterocycles. The first-order valence-corrected chi connectivity index (χ1v) is 8.30. The molecule has 0 saturated carbocycles. The Morgan fingerprint density at radius 2 is 2.24 bits per heavy atom. The predicted molar refractivity (Wildman–Crippen MR) is 92.9 cm³/mol. The van der Waals surface area contributed by atoms with Gasteiger partial charge in [-0.2, -0.15) is 0 Å². The first-order valence-electron chi connectivity index (χ1n) is 8.30. The summed E-state index contributed by atoms with van der Waals surface area (Å²) >= 11 is 0. The van der Waals surface area contributed by atoms with Crippen molar-refractivity contribution < 1.29 is 14.6 Å². The average Bonchev–Trinajstić information content (AvgIpc) is 2.78. The standard InChI is InChI=1S/C18H19N3O4/c1-11-9-20(8-6-19-11)15-5-7-21-10-13(18(23)24)17(22)12-3-2-4-14(25-15)16(12)21/h2-5,10-11,19H,6-9H2,1H3,(H,23,24). The van der Waals surface area contributed by atoms with Crippen LogP contribution < -0.4 is 15.5 Å². The van der Waals surface area contributed by atoms with E-state index in [1.807, 2.05) is 12.1 Å². The van der Waals surface area contributed by atoms with Crippen LogP contribution in [0, 0.1) is 0 Å². The zero-order valence-electron chi connectivity index (χ0n) is 13.9. The minimum Gasteiger partial charge on any atom is -0.477 e. The zero-order chi connectivity index (χ0) is 17.6. The molecule has 7 nitrogen and oxygen atoms in total. The predicted octanol–water partition coefficient (Wildman–Crippen LogP) is 1.23. The van der Waals surface area contributed by atoms with Gasteiger partial charge in [0.15, 0.2) is 11.6 Å². The van der Waals surface area contributed by atoms with Gasteiger partial charge in [0.1, 0.15) is 5.56 Å². The minimum atomic E-state index is -1.22. The molecule has 2 aliphatic rings. The number of para-hydroxylation sites is 1. The molecule has 0 bridgehead atoms. The molecule has 1 atom stereocenters. The van der Waals surface area contributed by atoms with E-state index in [4.69, 9.17) is 4.74 Å². The Balaban J connectivity index is 1.83. The van der Waals surface area contributed by atoms with Gasteiger partial charge in [-0.05, 0) is 25.1 Å². The molecular weight excluding hydrogens is 322 g/mol. The van der Waals surface area contributed by atoms with E-state index in [0.29, 0.717) is 29.2 Å². The number of carboxylic acids is 1. The molecule has 25 heavy (non-hydrogen) atoms. The summed E-state index contributed by atoms with van der Waals surface area (Å²) in [7, 11) is 0. The Kier molecular flexibility index (Phi) is 3.73. The Morgan fingerprint density at radius 1 is 1.40 bits per heavy atom. The van der Waals surface area contributed by atoms with E-state index in [1.165, 1.54) is 6.20 Å². The largest absolute Gasteiger partial charge is 0.477 e. The topological polar surface area (TPSA) is 83.8 Å². The summed E-state index contributed by atoms with van der Waals surface area (Å²) in [5, 5.41) is 13.1. The third-order valence-corrected chi connectivity index (χ3v) is 4.65. The van der Waals surface area contributed by atoms with Gasteiger partial charge in [0.2, 0.25) is 5.43 Å². The molecule has 7 heteroatoms. The number of nitrogens with zero attached hydrogens (tertiary/aromatic N) is 2. The van der Waals surface area contributed by atoms with Crippen LogP contribution >= 0.6 is 0 Å². The van der Waals surface area contributed by atoms with Gasteiger partial charge in [-0.3, -0.25) is 4.79 Å². The van der Waals surface area contributed by atoms with Crippen molar-refractivity contribution in [3.63, 3.8) is 0 Å². The van der Waals surface area contributed by atoms with Crippen LogP contribution in [-0.4, -0.2) is 46.2 Å². The van der Waals surface area contributed by atoms with Crippen LogP contribution in [0.5, 0.6) is 5.75 Å². The maximum Gasteiger partial charge on any atom is 0.341 e. The number of nitrogens with one attached hydrogen (secondary N) is 1. The third kappa shape index (κ3) is 2.66. The molecule has 0 amide bonds. The number of aromatic nitrogens is 1. The van der Waals surface area contributed by atoms with Crippen LogP contribution in [0.25, 0.3) is 10.9 Å². The van der Waals surface area contributed by atoms with Crippen molar-refractivity contribution in [1.29, 1.82) is 0 Å². The fourth-order valence-electron chi connectivity index (χ4n) is 3.46. The van der Waals surface area contributed by atoms with Crippen LogP contribution in [0.4, 0.5) is 0 Å². The third-order valence-electron chi connectivity index (χ3n) is 4.65. The Hall–Kier alpha value is -2.80. The molecule has 1 fully saturated rings. The fraction of sp³-hybridized carbons (Fsp3) is 0.333. The highest BCUT2D eigenvalue weighted by Gasteiger charge is 2.24. The quantitative estimate of drug-likeness (QED) is 0.855. The number of hydrogen-bond acceptors (Lipinski definition) is 5. The Labute approximate surface area is 144 Å². The number of pyridine rings is 1. The van der Waals surface area contributed by atoms with Gasteiger partial charge in [-0.1, -0.05) is 6.07 Å². The highest BCUT2D eigenvalue weighted by atomic mass is 16.5. The number of piperazine rings is 1. The highest BCUT2D eigenvalue weighted by molar-refractivity contribution is 5.94. The molecule has 130 valence electrons. The molecule has 0 spiro atoms. The second kappa shape index (κ2) is 5.93. The van der Waals surface area contributed by atoms with Gasteiger partial charge in [-0.25, -0.2) is 4.79 Å². The number of carbonyl (C=O) groups is 1. The lowest BCUT2D eigenvalue weighted by atomic mass is 10.1. The lowest BCUT2D eigenvalue weighted by Gasteiger charge is -2.34. The lowest BCUT2D eigenvalue weighted by Crippen LogP contribution is -2.49. The van der Waals surface area contributed by atoms with E-state index in [1.54, 1.807) is 16.7 Å². The van der Waals surface area contributed by atoms with Crippen molar-refractivity contribution in [2.75, 3.05) is 19.6 Å². The van der Waals surface area contributed by atoms with E-state index < -0.39 is 11.4 Å². The summed E-state index contributed by atoms with van der Waals surface area (Å²) in [6.07, 6.45) is 3.34. The normalized spacial score (nSPS) is 20.0. The number of rotatable bonds is 2. The summed E-state index contributed by atoms with van der Waals surface area (Å²) in [5.41, 5.74) is -0.0762. The molecule has 2 N–H and O–H groups in total. The summed E-state index contributed by atoms with van der Waals surface area (Å²) in [6, 6.07) is 5.53. The maximum atomic E-state index is 12.5. The zero-order valence-corrected chi connectivity index (χ0v) is 13.9. The van der Waals surface area contributed by atoms with Crippen LogP contribution in [-0.2, 0) is 6.54 Å². The molecule has 1 unspecified atom stereocenters. The molecule has 0 radical (unpaired) electrons. The van der Waals surface area contributed by atoms with E-state index in [2.05, 4.69) is 17.1 Å². The highest BCUT2D eigenvalue weighted by Crippen LogP contribution is 2.29. The van der Waals surface area contributed by atoms with Crippen molar-refractivity contribution in [2.24, 2.45) is 0 Å². The average molecular weight is 341 g/mol. The van der Waals surface area contributed by atoms with Gasteiger partial charge in [0.25, 0.3) is 0 Å². The van der Waals surface area contributed by atoms with E-state index in [9.17, 15) is 14.7 Å². The summed E-state index contributed by atoms with van der Waals surface area (Å²) < 4.78 is 7.90. The van der Waals surface area contributed by atoms with Crippen molar-refractivity contribution >= 4 is 16.9 Å². The van der Waals surface area contributed by atoms with Crippen molar-refractivity contribution in [3.8, 4) is 5.75 Å². The van der Waals surface area contributed by atoms with Crippen LogP contribution in [0.2, 0.25) is 0 Å².